The molecule has 0 bridgehead atoms. The van der Waals surface area contributed by atoms with Gasteiger partial charge in [-0.05, 0) is 42.5 Å². The van der Waals surface area contributed by atoms with Crippen molar-refractivity contribution in [3.63, 3.8) is 0 Å². The van der Waals surface area contributed by atoms with E-state index in [2.05, 4.69) is 15.4 Å². The van der Waals surface area contributed by atoms with Crippen LogP contribution in [-0.4, -0.2) is 21.5 Å². The van der Waals surface area contributed by atoms with Crippen LogP contribution in [0.25, 0.3) is 0 Å². The Bertz CT molecular complexity index is 776. The molecule has 0 spiro atoms. The zero-order valence-electron chi connectivity index (χ0n) is 11.6. The van der Waals surface area contributed by atoms with Crippen LogP contribution < -0.4 is 15.4 Å². The van der Waals surface area contributed by atoms with Gasteiger partial charge in [-0.2, -0.15) is 0 Å². The van der Waals surface area contributed by atoms with Gasteiger partial charge in [-0.15, -0.1) is 0 Å². The molecule has 0 aromatic heterocycles. The molecule has 0 heterocycles. The van der Waals surface area contributed by atoms with Crippen LogP contribution in [0, 0.1) is 0 Å². The number of nitrogens with one attached hydrogen (secondary N) is 3. The number of hydrogen-bond acceptors (Lipinski definition) is 3. The lowest BCUT2D eigenvalue weighted by Crippen LogP contribution is -2.24. The maximum absolute atomic E-state index is 12.2. The van der Waals surface area contributed by atoms with Crippen molar-refractivity contribution < 1.29 is 13.2 Å². The summed E-state index contributed by atoms with van der Waals surface area (Å²) in [6.07, 6.45) is 0. The Morgan fingerprint density at radius 3 is 2.27 bits per heavy atom. The number of hydrogen-bond donors (Lipinski definition) is 3. The minimum atomic E-state index is -3.71. The van der Waals surface area contributed by atoms with Crippen molar-refractivity contribution in [3.8, 4) is 0 Å². The summed E-state index contributed by atoms with van der Waals surface area (Å²) in [5, 5.41) is 5.34. The van der Waals surface area contributed by atoms with E-state index in [1.807, 2.05) is 0 Å². The van der Waals surface area contributed by atoms with Gasteiger partial charge in [-0.3, -0.25) is 4.72 Å². The molecule has 2 aromatic carbocycles. The third-order valence-corrected chi connectivity index (χ3v) is 4.34. The second-order valence-corrected chi connectivity index (χ2v) is 6.46. The van der Waals surface area contributed by atoms with Gasteiger partial charge in [0.25, 0.3) is 10.0 Å². The number of carbonyl (C=O) groups is 1. The molecule has 116 valence electrons. The third-order valence-electron chi connectivity index (χ3n) is 2.73. The summed E-state index contributed by atoms with van der Waals surface area (Å²) < 4.78 is 26.9. The number of amides is 2. The van der Waals surface area contributed by atoms with Crippen molar-refractivity contribution in [2.45, 2.75) is 4.90 Å². The molecule has 3 N–H and O–H groups in total. The Kier molecular flexibility index (Phi) is 4.89. The van der Waals surface area contributed by atoms with Crippen LogP contribution in [0.1, 0.15) is 0 Å². The number of carbonyl (C=O) groups excluding carboxylic acids is 1. The predicted octanol–water partition coefficient (Wildman–Crippen LogP) is 2.89. The van der Waals surface area contributed by atoms with Gasteiger partial charge in [0, 0.05) is 23.4 Å². The number of benzene rings is 2. The lowest BCUT2D eigenvalue weighted by Gasteiger charge is -2.09. The summed E-state index contributed by atoms with van der Waals surface area (Å²) in [7, 11) is -2.21. The smallest absolute Gasteiger partial charge is 0.318 e. The molecule has 22 heavy (non-hydrogen) atoms. The predicted molar refractivity (Wildman–Crippen MR) is 86.8 cm³/mol. The first-order chi connectivity index (χ1) is 10.4. The van der Waals surface area contributed by atoms with E-state index >= 15 is 0 Å². The fraction of sp³-hybridized carbons (Fsp3) is 0.0714. The van der Waals surface area contributed by atoms with Gasteiger partial charge in [-0.25, -0.2) is 13.2 Å². The van der Waals surface area contributed by atoms with E-state index in [4.69, 9.17) is 11.6 Å². The summed E-state index contributed by atoms with van der Waals surface area (Å²) in [4.78, 5) is 11.2. The molecule has 0 radical (unpaired) electrons. The summed E-state index contributed by atoms with van der Waals surface area (Å²) in [6, 6.07) is 11.9. The van der Waals surface area contributed by atoms with Crippen LogP contribution >= 0.6 is 11.6 Å². The highest BCUT2D eigenvalue weighted by atomic mass is 35.5. The Labute approximate surface area is 133 Å². The number of urea groups is 1. The number of rotatable bonds is 4. The maximum atomic E-state index is 12.2. The monoisotopic (exact) mass is 339 g/mol. The molecule has 8 heteroatoms. The SMILES string of the molecule is CNC(=O)Nc1ccc(NS(=O)(=O)c2cccc(Cl)c2)cc1. The molecule has 6 nitrogen and oxygen atoms in total. The molecule has 0 atom stereocenters. The van der Waals surface area contributed by atoms with E-state index in [9.17, 15) is 13.2 Å². The van der Waals surface area contributed by atoms with E-state index < -0.39 is 10.0 Å². The molecule has 2 amide bonds. The molecule has 2 rings (SSSR count). The highest BCUT2D eigenvalue weighted by molar-refractivity contribution is 7.92. The summed E-state index contributed by atoms with van der Waals surface area (Å²) in [6.45, 7) is 0. The second-order valence-electron chi connectivity index (χ2n) is 4.34. The van der Waals surface area contributed by atoms with Crippen molar-refractivity contribution >= 4 is 39.0 Å². The minimum absolute atomic E-state index is 0.0764. The summed E-state index contributed by atoms with van der Waals surface area (Å²) >= 11 is 5.80. The molecule has 0 aliphatic carbocycles. The lowest BCUT2D eigenvalue weighted by molar-refractivity contribution is 0.254. The van der Waals surface area contributed by atoms with Gasteiger partial charge < -0.3 is 10.6 Å². The van der Waals surface area contributed by atoms with Gasteiger partial charge in [0.15, 0.2) is 0 Å². The summed E-state index contributed by atoms with van der Waals surface area (Å²) in [5.74, 6) is 0. The average molecular weight is 340 g/mol. The van der Waals surface area contributed by atoms with Crippen LogP contribution in [0.2, 0.25) is 5.02 Å². The molecule has 0 saturated carbocycles. The third kappa shape index (κ3) is 4.12. The van der Waals surface area contributed by atoms with Crippen LogP contribution in [0.3, 0.4) is 0 Å². The molecular weight excluding hydrogens is 326 g/mol. The van der Waals surface area contributed by atoms with E-state index in [1.54, 1.807) is 36.4 Å². The number of sulfonamides is 1. The van der Waals surface area contributed by atoms with E-state index in [-0.39, 0.29) is 10.9 Å². The molecular formula is C14H14ClN3O3S. The van der Waals surface area contributed by atoms with Gasteiger partial charge in [-0.1, -0.05) is 17.7 Å². The van der Waals surface area contributed by atoms with Crippen molar-refractivity contribution in [1.29, 1.82) is 0 Å². The summed E-state index contributed by atoms with van der Waals surface area (Å²) in [5.41, 5.74) is 0.924. The fourth-order valence-electron chi connectivity index (χ4n) is 1.66. The second kappa shape index (κ2) is 6.67. The van der Waals surface area contributed by atoms with Crippen LogP contribution in [0.5, 0.6) is 0 Å². The Morgan fingerprint density at radius 2 is 1.68 bits per heavy atom. The standard InChI is InChI=1S/C14H14ClN3O3S/c1-16-14(19)17-11-5-7-12(8-6-11)18-22(20,21)13-4-2-3-10(15)9-13/h2-9,18H,1H3,(H2,16,17,19). The fourth-order valence-corrected chi connectivity index (χ4v) is 3.02. The zero-order chi connectivity index (χ0) is 16.2. The van der Waals surface area contributed by atoms with Crippen molar-refractivity contribution in [1.82, 2.24) is 5.32 Å². The zero-order valence-corrected chi connectivity index (χ0v) is 13.2. The highest BCUT2D eigenvalue weighted by Gasteiger charge is 2.14. The van der Waals surface area contributed by atoms with Gasteiger partial charge >= 0.3 is 6.03 Å². The van der Waals surface area contributed by atoms with Crippen molar-refractivity contribution in [2.75, 3.05) is 17.1 Å². The van der Waals surface area contributed by atoms with Gasteiger partial charge in [0.05, 0.1) is 4.90 Å². The van der Waals surface area contributed by atoms with E-state index in [0.717, 1.165) is 0 Å². The largest absolute Gasteiger partial charge is 0.341 e. The normalized spacial score (nSPS) is 10.8. The average Bonchev–Trinajstić information content (AvgIpc) is 2.49. The molecule has 0 aliphatic heterocycles. The number of halogens is 1. The van der Waals surface area contributed by atoms with Crippen LogP contribution in [-0.2, 0) is 10.0 Å². The Morgan fingerprint density at radius 1 is 1.05 bits per heavy atom. The highest BCUT2D eigenvalue weighted by Crippen LogP contribution is 2.20. The Balaban J connectivity index is 2.15. The van der Waals surface area contributed by atoms with E-state index in [0.29, 0.717) is 16.4 Å². The first kappa shape index (κ1) is 16.1. The molecule has 0 fully saturated rings. The van der Waals surface area contributed by atoms with Crippen molar-refractivity contribution in [2.24, 2.45) is 0 Å². The molecule has 2 aromatic rings. The maximum Gasteiger partial charge on any atom is 0.318 e. The van der Waals surface area contributed by atoms with Crippen LogP contribution in [0.4, 0.5) is 16.2 Å². The van der Waals surface area contributed by atoms with Crippen molar-refractivity contribution in [3.05, 3.63) is 53.6 Å². The minimum Gasteiger partial charge on any atom is -0.341 e. The Hall–Kier alpha value is -2.25. The van der Waals surface area contributed by atoms with Gasteiger partial charge in [0.1, 0.15) is 0 Å². The van der Waals surface area contributed by atoms with Gasteiger partial charge in [0.2, 0.25) is 0 Å². The molecule has 0 unspecified atom stereocenters. The quantitative estimate of drug-likeness (QED) is 0.800. The number of anilines is 2. The molecule has 0 aliphatic rings. The molecule has 0 saturated heterocycles. The first-order valence-electron chi connectivity index (χ1n) is 6.28. The first-order valence-corrected chi connectivity index (χ1v) is 8.14. The topological polar surface area (TPSA) is 87.3 Å². The lowest BCUT2D eigenvalue weighted by atomic mass is 10.3. The van der Waals surface area contributed by atoms with E-state index in [1.165, 1.54) is 19.2 Å². The van der Waals surface area contributed by atoms with Crippen LogP contribution in [0.15, 0.2) is 53.4 Å².